The normalized spacial score (nSPS) is 9.89. The van der Waals surface area contributed by atoms with Gasteiger partial charge >= 0.3 is 5.97 Å². The number of aromatic carboxylic acids is 1. The zero-order valence-corrected chi connectivity index (χ0v) is 9.99. The van der Waals surface area contributed by atoms with Crippen LogP contribution in [0, 0.1) is 18.3 Å². The maximum atomic E-state index is 11.5. The smallest absolute Gasteiger partial charge is 0.360 e. The van der Waals surface area contributed by atoms with Crippen LogP contribution in [-0.2, 0) is 0 Å². The number of nitrogens with zero attached hydrogens (tertiary/aromatic N) is 3. The summed E-state index contributed by atoms with van der Waals surface area (Å²) in [4.78, 5) is 22.4. The number of carboxylic acid groups (broad SMARTS) is 1. The lowest BCUT2D eigenvalue weighted by Crippen LogP contribution is -2.22. The largest absolute Gasteiger partial charge is 0.476 e. The minimum Gasteiger partial charge on any atom is -0.476 e. The Morgan fingerprint density at radius 3 is 2.53 bits per heavy atom. The van der Waals surface area contributed by atoms with Gasteiger partial charge in [-0.1, -0.05) is 0 Å². The number of hydrogen-bond donors (Lipinski definition) is 1. The summed E-state index contributed by atoms with van der Waals surface area (Å²) < 4.78 is 1.35. The Bertz CT molecular complexity index is 739. The van der Waals surface area contributed by atoms with Crippen molar-refractivity contribution < 1.29 is 9.90 Å². The molecule has 0 aliphatic heterocycles. The first kappa shape index (κ1) is 12.5. The monoisotopic (exact) mass is 255 g/mol. The zero-order chi connectivity index (χ0) is 14.0. The minimum atomic E-state index is -1.37. The molecule has 0 unspecified atom stereocenters. The Morgan fingerprint density at radius 1 is 1.37 bits per heavy atom. The topological polar surface area (TPSA) is 96.0 Å². The third-order valence-electron chi connectivity index (χ3n) is 2.55. The summed E-state index contributed by atoms with van der Waals surface area (Å²) in [6.45, 7) is 1.65. The van der Waals surface area contributed by atoms with Crippen molar-refractivity contribution in [1.82, 2.24) is 9.78 Å². The number of hydrogen-bond acceptors (Lipinski definition) is 4. The zero-order valence-electron chi connectivity index (χ0n) is 9.99. The molecule has 0 saturated carbocycles. The highest BCUT2D eigenvalue weighted by Gasteiger charge is 2.13. The van der Waals surface area contributed by atoms with Crippen molar-refractivity contribution in [3.05, 3.63) is 57.5 Å². The molecule has 0 amide bonds. The van der Waals surface area contributed by atoms with Crippen molar-refractivity contribution >= 4 is 5.97 Å². The van der Waals surface area contributed by atoms with Gasteiger partial charge in [-0.2, -0.15) is 10.4 Å². The molecular weight excluding hydrogens is 246 g/mol. The second-order valence-corrected chi connectivity index (χ2v) is 3.87. The Kier molecular flexibility index (Phi) is 3.12. The molecule has 2 rings (SSSR count). The van der Waals surface area contributed by atoms with Crippen LogP contribution in [0.3, 0.4) is 0 Å². The van der Waals surface area contributed by atoms with Gasteiger partial charge in [-0.25, -0.2) is 9.48 Å². The van der Waals surface area contributed by atoms with Gasteiger partial charge in [-0.05, 0) is 31.2 Å². The minimum absolute atomic E-state index is 0.487. The molecule has 0 atom stereocenters. The molecule has 1 aromatic heterocycles. The van der Waals surface area contributed by atoms with Crippen LogP contribution in [-0.4, -0.2) is 20.9 Å². The van der Waals surface area contributed by atoms with Crippen molar-refractivity contribution in [3.8, 4) is 11.8 Å². The fourth-order valence-corrected chi connectivity index (χ4v) is 1.63. The molecule has 1 N–H and O–H groups in total. The van der Waals surface area contributed by atoms with E-state index in [0.29, 0.717) is 16.9 Å². The van der Waals surface area contributed by atoms with E-state index >= 15 is 0 Å². The number of aryl methyl sites for hydroxylation is 1. The van der Waals surface area contributed by atoms with E-state index in [-0.39, 0.29) is 0 Å². The van der Waals surface area contributed by atoms with E-state index in [9.17, 15) is 9.59 Å². The first-order chi connectivity index (χ1) is 9.02. The van der Waals surface area contributed by atoms with Crippen molar-refractivity contribution in [1.29, 1.82) is 5.26 Å². The van der Waals surface area contributed by atoms with Gasteiger partial charge in [-0.15, -0.1) is 0 Å². The molecule has 2 aromatic rings. The van der Waals surface area contributed by atoms with Gasteiger partial charge in [0.15, 0.2) is 0 Å². The highest BCUT2D eigenvalue weighted by atomic mass is 16.4. The summed E-state index contributed by atoms with van der Waals surface area (Å²) in [7, 11) is 0. The molecule has 0 radical (unpaired) electrons. The predicted molar refractivity (Wildman–Crippen MR) is 66.2 cm³/mol. The third-order valence-corrected chi connectivity index (χ3v) is 2.55. The number of rotatable bonds is 2. The van der Waals surface area contributed by atoms with Crippen LogP contribution >= 0.6 is 0 Å². The maximum absolute atomic E-state index is 11.5. The molecule has 94 valence electrons. The first-order valence-corrected chi connectivity index (χ1v) is 5.37. The summed E-state index contributed by atoms with van der Waals surface area (Å²) in [6, 6.07) is 9.65. The van der Waals surface area contributed by atoms with E-state index in [4.69, 9.17) is 10.4 Å². The van der Waals surface area contributed by atoms with E-state index in [2.05, 4.69) is 5.10 Å². The molecule has 0 bridgehead atoms. The fourth-order valence-electron chi connectivity index (χ4n) is 1.63. The molecule has 6 nitrogen and oxygen atoms in total. The predicted octanol–water partition coefficient (Wildman–Crippen LogP) is 1.11. The Labute approximate surface area is 108 Å². The van der Waals surface area contributed by atoms with E-state index in [1.165, 1.54) is 10.7 Å². The van der Waals surface area contributed by atoms with Crippen molar-refractivity contribution in [2.24, 2.45) is 0 Å². The van der Waals surface area contributed by atoms with E-state index in [1.54, 1.807) is 31.2 Å². The van der Waals surface area contributed by atoms with Gasteiger partial charge in [0.25, 0.3) is 0 Å². The average Bonchev–Trinajstić information content (AvgIpc) is 2.38. The second-order valence-electron chi connectivity index (χ2n) is 3.87. The summed E-state index contributed by atoms with van der Waals surface area (Å²) >= 11 is 0. The summed E-state index contributed by atoms with van der Waals surface area (Å²) in [6.07, 6.45) is 0. The number of nitriles is 1. The third kappa shape index (κ3) is 2.35. The molecule has 0 aliphatic carbocycles. The lowest BCUT2D eigenvalue weighted by atomic mass is 10.2. The van der Waals surface area contributed by atoms with Gasteiger partial charge in [0, 0.05) is 11.8 Å². The van der Waals surface area contributed by atoms with Crippen LogP contribution in [0.15, 0.2) is 35.1 Å². The van der Waals surface area contributed by atoms with Crippen molar-refractivity contribution in [2.75, 3.05) is 0 Å². The van der Waals surface area contributed by atoms with Crippen LogP contribution in [0.25, 0.3) is 5.69 Å². The molecule has 0 fully saturated rings. The molecule has 0 saturated heterocycles. The van der Waals surface area contributed by atoms with Crippen LogP contribution in [0.1, 0.15) is 21.7 Å². The van der Waals surface area contributed by atoms with Gasteiger partial charge in [0.2, 0.25) is 11.1 Å². The molecule has 1 heterocycles. The molecule has 6 heteroatoms. The number of carboxylic acids is 1. The quantitative estimate of drug-likeness (QED) is 0.867. The fraction of sp³-hybridized carbons (Fsp3) is 0.0769. The van der Waals surface area contributed by atoms with E-state index in [1.807, 2.05) is 6.07 Å². The van der Waals surface area contributed by atoms with E-state index < -0.39 is 17.1 Å². The van der Waals surface area contributed by atoms with Crippen LogP contribution in [0.2, 0.25) is 0 Å². The Balaban J connectivity index is 2.61. The number of aromatic nitrogens is 2. The highest BCUT2D eigenvalue weighted by Crippen LogP contribution is 2.10. The Hall–Kier alpha value is -2.94. The van der Waals surface area contributed by atoms with Crippen molar-refractivity contribution in [3.63, 3.8) is 0 Å². The lowest BCUT2D eigenvalue weighted by Gasteiger charge is -2.09. The van der Waals surface area contributed by atoms with Gasteiger partial charge in [0.05, 0.1) is 17.3 Å². The highest BCUT2D eigenvalue weighted by molar-refractivity contribution is 5.84. The number of benzene rings is 1. The second kappa shape index (κ2) is 4.74. The first-order valence-electron chi connectivity index (χ1n) is 5.37. The van der Waals surface area contributed by atoms with Gasteiger partial charge in [0.1, 0.15) is 0 Å². The lowest BCUT2D eigenvalue weighted by molar-refractivity contribution is 0.0686. The average molecular weight is 255 g/mol. The standard InChI is InChI=1S/C13H9N3O3/c1-8-6-11(17)12(13(18)19)15-16(8)10-4-2-9(7-14)3-5-10/h2-6H,1H3,(H,18,19). The summed E-state index contributed by atoms with van der Waals surface area (Å²) in [5, 5.41) is 21.4. The van der Waals surface area contributed by atoms with Gasteiger partial charge in [-0.3, -0.25) is 4.79 Å². The summed E-state index contributed by atoms with van der Waals surface area (Å²) in [5.41, 5.74) is 0.421. The molecule has 0 spiro atoms. The SMILES string of the molecule is Cc1cc(=O)c(C(=O)O)nn1-c1ccc(C#N)cc1. The van der Waals surface area contributed by atoms with Crippen LogP contribution in [0.5, 0.6) is 0 Å². The van der Waals surface area contributed by atoms with Crippen LogP contribution < -0.4 is 5.43 Å². The van der Waals surface area contributed by atoms with E-state index in [0.717, 1.165) is 0 Å². The Morgan fingerprint density at radius 2 is 2.00 bits per heavy atom. The molecule has 1 aromatic carbocycles. The van der Waals surface area contributed by atoms with Crippen LogP contribution in [0.4, 0.5) is 0 Å². The van der Waals surface area contributed by atoms with Crippen molar-refractivity contribution in [2.45, 2.75) is 6.92 Å². The molecule has 0 aliphatic rings. The molecular formula is C13H9N3O3. The summed E-state index contributed by atoms with van der Waals surface area (Å²) in [5.74, 6) is -1.37. The maximum Gasteiger partial charge on any atom is 0.360 e. The molecule has 19 heavy (non-hydrogen) atoms. The van der Waals surface area contributed by atoms with Gasteiger partial charge < -0.3 is 5.11 Å². The number of carbonyl (C=O) groups is 1.